The molecule has 1 atom stereocenters. The molecule has 2 N–H and O–H groups in total. The molecule has 0 bridgehead atoms. The second-order valence-corrected chi connectivity index (χ2v) is 3.40. The first-order chi connectivity index (χ1) is 7.40. The zero-order valence-electron chi connectivity index (χ0n) is 8.93. The smallest absolute Gasteiger partial charge is 0.391 e. The van der Waals surface area contributed by atoms with E-state index in [9.17, 15) is 13.2 Å². The lowest BCUT2D eigenvalue weighted by Gasteiger charge is -2.13. The molecular weight excluding hydrogens is 225 g/mol. The van der Waals surface area contributed by atoms with Crippen molar-refractivity contribution in [1.29, 1.82) is 0 Å². The molecule has 1 aromatic rings. The number of hydrogen-bond acceptors (Lipinski definition) is 5. The van der Waals surface area contributed by atoms with E-state index in [1.165, 1.54) is 6.92 Å². The Bertz CT molecular complexity index is 325. The minimum atomic E-state index is -4.21. The summed E-state index contributed by atoms with van der Waals surface area (Å²) in [7, 11) is 1.70. The molecule has 1 rings (SSSR count). The Kier molecular flexibility index (Phi) is 4.11. The van der Waals surface area contributed by atoms with Crippen molar-refractivity contribution in [2.24, 2.45) is 0 Å². The molecular formula is C8H13F3N4O. The lowest BCUT2D eigenvalue weighted by atomic mass is 10.2. The van der Waals surface area contributed by atoms with Gasteiger partial charge in [0.1, 0.15) is 0 Å². The van der Waals surface area contributed by atoms with Crippen LogP contribution in [0.15, 0.2) is 4.42 Å². The average molecular weight is 238 g/mol. The van der Waals surface area contributed by atoms with Gasteiger partial charge in [-0.05, 0) is 14.0 Å². The van der Waals surface area contributed by atoms with Gasteiger partial charge in [-0.25, -0.2) is 0 Å². The van der Waals surface area contributed by atoms with Crippen molar-refractivity contribution < 1.29 is 17.6 Å². The van der Waals surface area contributed by atoms with Crippen molar-refractivity contribution in [2.45, 2.75) is 32.1 Å². The Morgan fingerprint density at radius 2 is 2.06 bits per heavy atom. The highest BCUT2D eigenvalue weighted by molar-refractivity contribution is 5.18. The maximum atomic E-state index is 12.0. The summed E-state index contributed by atoms with van der Waals surface area (Å²) in [6.07, 6.45) is -5.16. The lowest BCUT2D eigenvalue weighted by molar-refractivity contribution is -0.136. The Morgan fingerprint density at radius 3 is 2.62 bits per heavy atom. The van der Waals surface area contributed by atoms with Crippen LogP contribution in [0.3, 0.4) is 0 Å². The van der Waals surface area contributed by atoms with Gasteiger partial charge >= 0.3 is 12.2 Å². The van der Waals surface area contributed by atoms with Crippen LogP contribution in [0.5, 0.6) is 0 Å². The van der Waals surface area contributed by atoms with Crippen LogP contribution in [0.4, 0.5) is 19.2 Å². The number of nitrogens with zero attached hydrogens (tertiary/aromatic N) is 2. The SMILES string of the molecule is CNCc1nnc(NC(C)CC(F)(F)F)o1. The largest absolute Gasteiger partial charge is 0.407 e. The maximum absolute atomic E-state index is 12.0. The van der Waals surface area contributed by atoms with E-state index in [0.717, 1.165) is 0 Å². The predicted molar refractivity (Wildman–Crippen MR) is 50.8 cm³/mol. The Hall–Kier alpha value is -1.31. The Labute approximate surface area is 90.4 Å². The third-order valence-corrected chi connectivity index (χ3v) is 1.70. The number of hydrogen-bond donors (Lipinski definition) is 2. The lowest BCUT2D eigenvalue weighted by Crippen LogP contribution is -2.23. The standard InChI is InChI=1S/C8H13F3N4O/c1-5(3-8(9,10)11)13-7-15-14-6(16-7)4-12-2/h5,12H,3-4H2,1-2H3,(H,13,15). The second-order valence-electron chi connectivity index (χ2n) is 3.40. The molecule has 1 unspecified atom stereocenters. The van der Waals surface area contributed by atoms with E-state index in [1.807, 2.05) is 0 Å². The fourth-order valence-electron chi connectivity index (χ4n) is 1.14. The zero-order valence-corrected chi connectivity index (χ0v) is 8.93. The van der Waals surface area contributed by atoms with Crippen LogP contribution in [0.25, 0.3) is 0 Å². The van der Waals surface area contributed by atoms with E-state index in [1.54, 1.807) is 7.05 Å². The molecule has 0 saturated heterocycles. The van der Waals surface area contributed by atoms with E-state index in [2.05, 4.69) is 20.8 Å². The van der Waals surface area contributed by atoms with Gasteiger partial charge in [0.2, 0.25) is 5.89 Å². The fourth-order valence-corrected chi connectivity index (χ4v) is 1.14. The number of rotatable bonds is 5. The molecule has 0 aliphatic heterocycles. The summed E-state index contributed by atoms with van der Waals surface area (Å²) < 4.78 is 41.1. The topological polar surface area (TPSA) is 63.0 Å². The Morgan fingerprint density at radius 1 is 1.38 bits per heavy atom. The van der Waals surface area contributed by atoms with Gasteiger partial charge in [0.15, 0.2) is 0 Å². The highest BCUT2D eigenvalue weighted by atomic mass is 19.4. The molecule has 1 heterocycles. The van der Waals surface area contributed by atoms with Crippen LogP contribution in [-0.2, 0) is 6.54 Å². The van der Waals surface area contributed by atoms with Gasteiger partial charge in [0.25, 0.3) is 0 Å². The first kappa shape index (κ1) is 12.8. The first-order valence-corrected chi connectivity index (χ1v) is 4.71. The van der Waals surface area contributed by atoms with Crippen LogP contribution >= 0.6 is 0 Å². The zero-order chi connectivity index (χ0) is 12.2. The molecule has 1 aromatic heterocycles. The molecule has 92 valence electrons. The van der Waals surface area contributed by atoms with Crippen molar-refractivity contribution in [3.05, 3.63) is 5.89 Å². The summed E-state index contributed by atoms with van der Waals surface area (Å²) in [5, 5.41) is 12.5. The van der Waals surface area contributed by atoms with Crippen LogP contribution in [0.1, 0.15) is 19.2 Å². The summed E-state index contributed by atoms with van der Waals surface area (Å²) in [5.74, 6) is 0.323. The van der Waals surface area contributed by atoms with Crippen molar-refractivity contribution >= 4 is 6.01 Å². The summed E-state index contributed by atoms with van der Waals surface area (Å²) in [4.78, 5) is 0. The molecule has 0 radical (unpaired) electrons. The van der Waals surface area contributed by atoms with Crippen molar-refractivity contribution in [3.63, 3.8) is 0 Å². The van der Waals surface area contributed by atoms with Gasteiger partial charge < -0.3 is 15.1 Å². The van der Waals surface area contributed by atoms with Crippen molar-refractivity contribution in [3.8, 4) is 0 Å². The molecule has 0 spiro atoms. The summed E-state index contributed by atoms with van der Waals surface area (Å²) in [5.41, 5.74) is 0. The number of halogens is 3. The molecule has 0 aromatic carbocycles. The molecule has 0 amide bonds. The van der Waals surface area contributed by atoms with Crippen LogP contribution in [-0.4, -0.2) is 29.5 Å². The summed E-state index contributed by atoms with van der Waals surface area (Å²) in [6, 6.07) is -0.801. The molecule has 8 heteroatoms. The summed E-state index contributed by atoms with van der Waals surface area (Å²) >= 11 is 0. The second kappa shape index (κ2) is 5.15. The molecule has 0 aliphatic carbocycles. The maximum Gasteiger partial charge on any atom is 0.391 e. The number of nitrogens with one attached hydrogen (secondary N) is 2. The quantitative estimate of drug-likeness (QED) is 0.814. The molecule has 0 aliphatic rings. The number of anilines is 1. The molecule has 0 fully saturated rings. The fraction of sp³-hybridized carbons (Fsp3) is 0.750. The van der Waals surface area contributed by atoms with Crippen LogP contribution in [0, 0.1) is 0 Å². The van der Waals surface area contributed by atoms with E-state index in [-0.39, 0.29) is 6.01 Å². The van der Waals surface area contributed by atoms with Gasteiger partial charge in [0.05, 0.1) is 13.0 Å². The third-order valence-electron chi connectivity index (χ3n) is 1.70. The van der Waals surface area contributed by atoms with Gasteiger partial charge in [0, 0.05) is 6.04 Å². The van der Waals surface area contributed by atoms with Gasteiger partial charge in [-0.15, -0.1) is 5.10 Å². The van der Waals surface area contributed by atoms with E-state index >= 15 is 0 Å². The van der Waals surface area contributed by atoms with Gasteiger partial charge in [-0.3, -0.25) is 0 Å². The number of aromatic nitrogens is 2. The minimum absolute atomic E-state index is 0.00185. The van der Waals surface area contributed by atoms with E-state index < -0.39 is 18.6 Å². The normalized spacial score (nSPS) is 13.8. The predicted octanol–water partition coefficient (Wildman–Crippen LogP) is 1.54. The number of alkyl halides is 3. The van der Waals surface area contributed by atoms with Crippen LogP contribution in [0.2, 0.25) is 0 Å². The highest BCUT2D eigenvalue weighted by Gasteiger charge is 2.30. The Balaban J connectivity index is 2.46. The molecule has 5 nitrogen and oxygen atoms in total. The van der Waals surface area contributed by atoms with Gasteiger partial charge in [-0.1, -0.05) is 5.10 Å². The molecule has 0 saturated carbocycles. The van der Waals surface area contributed by atoms with Crippen molar-refractivity contribution in [2.75, 3.05) is 12.4 Å². The van der Waals surface area contributed by atoms with Crippen molar-refractivity contribution in [1.82, 2.24) is 15.5 Å². The average Bonchev–Trinajstić information content (AvgIpc) is 2.49. The molecule has 16 heavy (non-hydrogen) atoms. The third kappa shape index (κ3) is 4.47. The monoisotopic (exact) mass is 238 g/mol. The van der Waals surface area contributed by atoms with E-state index in [0.29, 0.717) is 12.4 Å². The highest BCUT2D eigenvalue weighted by Crippen LogP contribution is 2.22. The van der Waals surface area contributed by atoms with Crippen LogP contribution < -0.4 is 10.6 Å². The minimum Gasteiger partial charge on any atom is -0.407 e. The first-order valence-electron chi connectivity index (χ1n) is 4.71. The van der Waals surface area contributed by atoms with Gasteiger partial charge in [-0.2, -0.15) is 13.2 Å². The van der Waals surface area contributed by atoms with E-state index in [4.69, 9.17) is 4.42 Å². The summed E-state index contributed by atoms with van der Waals surface area (Å²) in [6.45, 7) is 1.78.